The van der Waals surface area contributed by atoms with Crippen molar-refractivity contribution in [1.29, 1.82) is 0 Å². The highest BCUT2D eigenvalue weighted by Gasteiger charge is 2.32. The number of nitro groups is 1. The number of aliphatic hydroxyl groups excluding tert-OH is 1. The number of aromatic nitrogens is 2. The molecule has 0 saturated carbocycles. The van der Waals surface area contributed by atoms with Gasteiger partial charge in [-0.05, 0) is 12.3 Å². The van der Waals surface area contributed by atoms with E-state index in [-0.39, 0.29) is 18.3 Å². The summed E-state index contributed by atoms with van der Waals surface area (Å²) in [5.41, 5.74) is -0.124. The Hall–Kier alpha value is -1.76. The van der Waals surface area contributed by atoms with E-state index in [1.807, 2.05) is 4.90 Å². The van der Waals surface area contributed by atoms with Gasteiger partial charge in [0.25, 0.3) is 0 Å². The van der Waals surface area contributed by atoms with Crippen LogP contribution in [0.15, 0.2) is 12.4 Å². The van der Waals surface area contributed by atoms with Crippen LogP contribution in [0.2, 0.25) is 0 Å². The van der Waals surface area contributed by atoms with Gasteiger partial charge in [0.2, 0.25) is 5.95 Å². The van der Waals surface area contributed by atoms with E-state index in [2.05, 4.69) is 16.9 Å². The second-order valence-electron chi connectivity index (χ2n) is 4.21. The van der Waals surface area contributed by atoms with Gasteiger partial charge in [0.15, 0.2) is 0 Å². The average molecular weight is 238 g/mol. The predicted molar refractivity (Wildman–Crippen MR) is 60.7 cm³/mol. The fraction of sp³-hybridized carbons (Fsp3) is 0.600. The van der Waals surface area contributed by atoms with Crippen molar-refractivity contribution < 1.29 is 10.0 Å². The fourth-order valence-corrected chi connectivity index (χ4v) is 2.09. The Kier molecular flexibility index (Phi) is 3.19. The summed E-state index contributed by atoms with van der Waals surface area (Å²) in [6.45, 7) is 2.87. The molecule has 0 amide bonds. The molecule has 2 heterocycles. The molecule has 1 aromatic heterocycles. The lowest BCUT2D eigenvalue weighted by atomic mass is 10.0. The molecule has 1 fully saturated rings. The topological polar surface area (TPSA) is 92.4 Å². The van der Waals surface area contributed by atoms with Crippen molar-refractivity contribution in [1.82, 2.24) is 9.97 Å². The van der Waals surface area contributed by atoms with Crippen molar-refractivity contribution in [3.05, 3.63) is 22.5 Å². The van der Waals surface area contributed by atoms with Crippen LogP contribution in [0.1, 0.15) is 13.3 Å². The predicted octanol–water partition coefficient (Wildman–Crippen LogP) is 0.592. The van der Waals surface area contributed by atoms with Crippen molar-refractivity contribution in [2.24, 2.45) is 5.92 Å². The summed E-state index contributed by atoms with van der Waals surface area (Å²) < 4.78 is 0. The molecule has 0 spiro atoms. The van der Waals surface area contributed by atoms with Gasteiger partial charge in [-0.1, -0.05) is 6.92 Å². The maximum atomic E-state index is 10.5. The quantitative estimate of drug-likeness (QED) is 0.612. The molecule has 2 rings (SSSR count). The molecule has 1 aliphatic rings. The van der Waals surface area contributed by atoms with E-state index in [9.17, 15) is 15.2 Å². The molecule has 1 saturated heterocycles. The SMILES string of the molecule is CC1CCN(c2ncc([N+](=O)[O-])cn2)C1CO. The Morgan fingerprint density at radius 1 is 1.59 bits per heavy atom. The third kappa shape index (κ3) is 2.19. The summed E-state index contributed by atoms with van der Waals surface area (Å²) in [5, 5.41) is 19.8. The zero-order valence-electron chi connectivity index (χ0n) is 9.48. The molecule has 0 radical (unpaired) electrons. The first-order chi connectivity index (χ1) is 8.13. The van der Waals surface area contributed by atoms with Crippen LogP contribution in [0.4, 0.5) is 11.6 Å². The second-order valence-corrected chi connectivity index (χ2v) is 4.21. The lowest BCUT2D eigenvalue weighted by Gasteiger charge is -2.24. The highest BCUT2D eigenvalue weighted by atomic mass is 16.6. The van der Waals surface area contributed by atoms with Crippen molar-refractivity contribution in [3.63, 3.8) is 0 Å². The van der Waals surface area contributed by atoms with E-state index in [0.29, 0.717) is 11.9 Å². The van der Waals surface area contributed by atoms with Gasteiger partial charge in [-0.25, -0.2) is 9.97 Å². The Labute approximate surface area is 98.3 Å². The minimum absolute atomic E-state index is 0.00328. The molecule has 0 bridgehead atoms. The van der Waals surface area contributed by atoms with Gasteiger partial charge in [0.1, 0.15) is 12.4 Å². The van der Waals surface area contributed by atoms with Gasteiger partial charge in [0, 0.05) is 6.54 Å². The Morgan fingerprint density at radius 2 is 2.24 bits per heavy atom. The minimum atomic E-state index is -0.528. The van der Waals surface area contributed by atoms with Crippen molar-refractivity contribution in [3.8, 4) is 0 Å². The van der Waals surface area contributed by atoms with Gasteiger partial charge >= 0.3 is 5.69 Å². The summed E-state index contributed by atoms with van der Waals surface area (Å²) in [4.78, 5) is 19.8. The third-order valence-corrected chi connectivity index (χ3v) is 3.16. The third-order valence-electron chi connectivity index (χ3n) is 3.16. The minimum Gasteiger partial charge on any atom is -0.394 e. The van der Waals surface area contributed by atoms with Crippen molar-refractivity contribution >= 4 is 11.6 Å². The molecule has 1 aromatic rings. The lowest BCUT2D eigenvalue weighted by molar-refractivity contribution is -0.385. The van der Waals surface area contributed by atoms with Crippen molar-refractivity contribution in [2.75, 3.05) is 18.1 Å². The van der Waals surface area contributed by atoms with Crippen LogP contribution < -0.4 is 4.90 Å². The number of aliphatic hydroxyl groups is 1. The molecular formula is C10H14N4O3. The molecule has 0 aliphatic carbocycles. The Morgan fingerprint density at radius 3 is 2.76 bits per heavy atom. The summed E-state index contributed by atoms with van der Waals surface area (Å²) in [7, 11) is 0. The highest BCUT2D eigenvalue weighted by Crippen LogP contribution is 2.27. The van der Waals surface area contributed by atoms with Gasteiger partial charge in [-0.3, -0.25) is 10.1 Å². The summed E-state index contributed by atoms with van der Waals surface area (Å²) >= 11 is 0. The zero-order chi connectivity index (χ0) is 12.4. The van der Waals surface area contributed by atoms with Crippen LogP contribution in [0, 0.1) is 16.0 Å². The summed E-state index contributed by atoms with van der Waals surface area (Å²) in [5.74, 6) is 0.817. The smallest absolute Gasteiger partial charge is 0.305 e. The summed E-state index contributed by atoms with van der Waals surface area (Å²) in [6.07, 6.45) is 3.35. The van der Waals surface area contributed by atoms with Crippen molar-refractivity contribution in [2.45, 2.75) is 19.4 Å². The van der Waals surface area contributed by atoms with E-state index in [1.54, 1.807) is 0 Å². The molecule has 92 valence electrons. The van der Waals surface area contributed by atoms with Crippen LogP contribution in [0.25, 0.3) is 0 Å². The maximum Gasteiger partial charge on any atom is 0.305 e. The number of rotatable bonds is 3. The standard InChI is InChI=1S/C10H14N4O3/c1-7-2-3-13(9(7)6-15)10-11-4-8(5-12-10)14(16)17/h4-5,7,9,15H,2-3,6H2,1H3. The molecule has 2 atom stereocenters. The second kappa shape index (κ2) is 4.62. The normalized spacial score (nSPS) is 24.0. The van der Waals surface area contributed by atoms with Crippen LogP contribution >= 0.6 is 0 Å². The molecular weight excluding hydrogens is 224 g/mol. The summed E-state index contributed by atoms with van der Waals surface area (Å²) in [6, 6.07) is -0.00328. The molecule has 17 heavy (non-hydrogen) atoms. The zero-order valence-corrected chi connectivity index (χ0v) is 9.48. The van der Waals surface area contributed by atoms with Gasteiger partial charge < -0.3 is 10.0 Å². The number of anilines is 1. The highest BCUT2D eigenvalue weighted by molar-refractivity contribution is 5.36. The molecule has 1 N–H and O–H groups in total. The Balaban J connectivity index is 2.20. The number of nitrogens with zero attached hydrogens (tertiary/aromatic N) is 4. The van der Waals surface area contributed by atoms with Gasteiger partial charge in [0.05, 0.1) is 17.6 Å². The first-order valence-electron chi connectivity index (χ1n) is 5.47. The molecule has 7 heteroatoms. The van der Waals surface area contributed by atoms with E-state index >= 15 is 0 Å². The Bertz CT molecular complexity index is 409. The number of hydrogen-bond donors (Lipinski definition) is 1. The van der Waals surface area contributed by atoms with E-state index in [4.69, 9.17) is 0 Å². The van der Waals surface area contributed by atoms with E-state index in [0.717, 1.165) is 13.0 Å². The van der Waals surface area contributed by atoms with Gasteiger partial charge in [-0.15, -0.1) is 0 Å². The van der Waals surface area contributed by atoms with Crippen LogP contribution in [0.5, 0.6) is 0 Å². The first-order valence-corrected chi connectivity index (χ1v) is 5.47. The largest absolute Gasteiger partial charge is 0.394 e. The van der Waals surface area contributed by atoms with Crippen LogP contribution in [0.3, 0.4) is 0 Å². The van der Waals surface area contributed by atoms with E-state index < -0.39 is 4.92 Å². The molecule has 0 aromatic carbocycles. The van der Waals surface area contributed by atoms with Crippen LogP contribution in [-0.2, 0) is 0 Å². The monoisotopic (exact) mass is 238 g/mol. The fourth-order valence-electron chi connectivity index (χ4n) is 2.09. The molecule has 2 unspecified atom stereocenters. The molecule has 7 nitrogen and oxygen atoms in total. The van der Waals surface area contributed by atoms with Crippen LogP contribution in [-0.4, -0.2) is 39.2 Å². The molecule has 1 aliphatic heterocycles. The van der Waals surface area contributed by atoms with Gasteiger partial charge in [-0.2, -0.15) is 0 Å². The van der Waals surface area contributed by atoms with E-state index in [1.165, 1.54) is 12.4 Å². The average Bonchev–Trinajstić information content (AvgIpc) is 2.70. The number of hydrogen-bond acceptors (Lipinski definition) is 6. The first kappa shape index (κ1) is 11.7. The lowest BCUT2D eigenvalue weighted by Crippen LogP contribution is -2.36. The maximum absolute atomic E-state index is 10.5.